The van der Waals surface area contributed by atoms with E-state index in [4.69, 9.17) is 5.26 Å². The van der Waals surface area contributed by atoms with Crippen LogP contribution in [-0.2, 0) is 0 Å². The molecule has 0 unspecified atom stereocenters. The monoisotopic (exact) mass is 153 g/mol. The van der Waals surface area contributed by atoms with Gasteiger partial charge in [-0.3, -0.25) is 5.01 Å². The summed E-state index contributed by atoms with van der Waals surface area (Å²) in [7, 11) is 0. The van der Waals surface area contributed by atoms with Crippen molar-refractivity contribution in [3.63, 3.8) is 0 Å². The van der Waals surface area contributed by atoms with Gasteiger partial charge in [0, 0.05) is 19.5 Å². The minimum absolute atomic E-state index is 0.484. The number of piperidine rings is 1. The molecule has 0 aromatic carbocycles. The maximum Gasteiger partial charge on any atom is 0.0624 e. The first-order valence-electron chi connectivity index (χ1n) is 3.82. The van der Waals surface area contributed by atoms with Gasteiger partial charge >= 0.3 is 0 Å². The molecule has 0 saturated carbocycles. The van der Waals surface area contributed by atoms with E-state index in [9.17, 15) is 4.91 Å². The van der Waals surface area contributed by atoms with E-state index < -0.39 is 0 Å². The lowest BCUT2D eigenvalue weighted by Crippen LogP contribution is -2.28. The number of hydrogen-bond donors (Lipinski definition) is 0. The molecule has 0 spiro atoms. The van der Waals surface area contributed by atoms with Gasteiger partial charge in [-0.05, 0) is 18.8 Å². The summed E-state index contributed by atoms with van der Waals surface area (Å²) in [4.78, 5) is 10.0. The second kappa shape index (κ2) is 3.91. The molecular formula is C7H11N3O. The fraction of sp³-hybridized carbons (Fsp3) is 0.857. The Balaban J connectivity index is 2.25. The van der Waals surface area contributed by atoms with Crippen molar-refractivity contribution in [2.24, 2.45) is 11.2 Å². The number of nitriles is 1. The predicted molar refractivity (Wildman–Crippen MR) is 40.3 cm³/mol. The Labute approximate surface area is 65.7 Å². The van der Waals surface area contributed by atoms with Gasteiger partial charge in [-0.25, -0.2) is 0 Å². The highest BCUT2D eigenvalue weighted by molar-refractivity contribution is 4.79. The minimum atomic E-state index is 0.484. The van der Waals surface area contributed by atoms with Crippen molar-refractivity contribution in [1.29, 1.82) is 5.26 Å². The normalized spacial score (nSPS) is 19.4. The average Bonchev–Trinajstić information content (AvgIpc) is 2.07. The van der Waals surface area contributed by atoms with Crippen molar-refractivity contribution in [3.05, 3.63) is 4.91 Å². The molecule has 0 aromatic heterocycles. The molecule has 1 heterocycles. The van der Waals surface area contributed by atoms with Gasteiger partial charge in [-0.2, -0.15) is 5.26 Å². The SMILES string of the molecule is N#CCC1CCN(N=O)CC1. The summed E-state index contributed by atoms with van der Waals surface area (Å²) in [6.07, 6.45) is 2.48. The molecule has 11 heavy (non-hydrogen) atoms. The van der Waals surface area contributed by atoms with Crippen molar-refractivity contribution < 1.29 is 0 Å². The van der Waals surface area contributed by atoms with E-state index in [-0.39, 0.29) is 0 Å². The summed E-state index contributed by atoms with van der Waals surface area (Å²) in [6, 6.07) is 2.14. The molecule has 0 atom stereocenters. The molecule has 1 aliphatic heterocycles. The molecule has 60 valence electrons. The third-order valence-corrected chi connectivity index (χ3v) is 2.09. The van der Waals surface area contributed by atoms with Crippen molar-refractivity contribution in [3.8, 4) is 6.07 Å². The summed E-state index contributed by atoms with van der Waals surface area (Å²) in [5, 5.41) is 12.8. The maximum atomic E-state index is 10.0. The molecule has 4 heteroatoms. The molecule has 0 aromatic rings. The van der Waals surface area contributed by atoms with Crippen LogP contribution in [0.3, 0.4) is 0 Å². The third-order valence-electron chi connectivity index (χ3n) is 2.09. The van der Waals surface area contributed by atoms with Crippen LogP contribution in [0.1, 0.15) is 19.3 Å². The number of hydrogen-bond acceptors (Lipinski definition) is 3. The van der Waals surface area contributed by atoms with E-state index in [2.05, 4.69) is 11.4 Å². The molecule has 4 nitrogen and oxygen atoms in total. The molecular weight excluding hydrogens is 142 g/mol. The highest BCUT2D eigenvalue weighted by Crippen LogP contribution is 2.19. The first kappa shape index (κ1) is 7.99. The molecule has 1 rings (SSSR count). The zero-order valence-electron chi connectivity index (χ0n) is 6.36. The highest BCUT2D eigenvalue weighted by Gasteiger charge is 2.17. The van der Waals surface area contributed by atoms with Gasteiger partial charge in [0.15, 0.2) is 0 Å². The first-order chi connectivity index (χ1) is 5.36. The number of nitroso groups, excluding NO2 is 1. The van der Waals surface area contributed by atoms with Crippen molar-refractivity contribution in [1.82, 2.24) is 5.01 Å². The Morgan fingerprint density at radius 3 is 2.64 bits per heavy atom. The topological polar surface area (TPSA) is 56.5 Å². The van der Waals surface area contributed by atoms with Crippen LogP contribution in [0, 0.1) is 22.2 Å². The summed E-state index contributed by atoms with van der Waals surface area (Å²) in [5.41, 5.74) is 0. The smallest absolute Gasteiger partial charge is 0.0624 e. The van der Waals surface area contributed by atoms with E-state index >= 15 is 0 Å². The van der Waals surface area contributed by atoms with Crippen LogP contribution >= 0.6 is 0 Å². The molecule has 0 N–H and O–H groups in total. The van der Waals surface area contributed by atoms with Crippen LogP contribution < -0.4 is 0 Å². The first-order valence-corrected chi connectivity index (χ1v) is 3.82. The van der Waals surface area contributed by atoms with Gasteiger partial charge in [-0.15, -0.1) is 4.91 Å². The van der Waals surface area contributed by atoms with E-state index in [1.165, 1.54) is 5.01 Å². The quantitative estimate of drug-likeness (QED) is 0.562. The summed E-state index contributed by atoms with van der Waals surface area (Å²) in [5.74, 6) is 0.484. The highest BCUT2D eigenvalue weighted by atomic mass is 16.3. The summed E-state index contributed by atoms with van der Waals surface area (Å²) < 4.78 is 0. The Bertz CT molecular complexity index is 167. The van der Waals surface area contributed by atoms with E-state index in [0.717, 1.165) is 25.9 Å². The van der Waals surface area contributed by atoms with Crippen LogP contribution in [0.4, 0.5) is 0 Å². The third kappa shape index (κ3) is 2.19. The van der Waals surface area contributed by atoms with Crippen LogP contribution in [0.15, 0.2) is 5.29 Å². The van der Waals surface area contributed by atoms with Gasteiger partial charge < -0.3 is 0 Å². The fourth-order valence-electron chi connectivity index (χ4n) is 1.33. The molecule has 1 fully saturated rings. The predicted octanol–water partition coefficient (Wildman–Crippen LogP) is 1.29. The zero-order chi connectivity index (χ0) is 8.10. The van der Waals surface area contributed by atoms with Crippen molar-refractivity contribution in [2.45, 2.75) is 19.3 Å². The number of nitrogens with zero attached hydrogens (tertiary/aromatic N) is 3. The Kier molecular flexibility index (Phi) is 2.84. The number of rotatable bonds is 2. The molecule has 0 amide bonds. The fourth-order valence-corrected chi connectivity index (χ4v) is 1.33. The minimum Gasteiger partial charge on any atom is -0.261 e. The van der Waals surface area contributed by atoms with Gasteiger partial charge in [0.05, 0.1) is 11.4 Å². The lowest BCUT2D eigenvalue weighted by atomic mass is 9.95. The van der Waals surface area contributed by atoms with Gasteiger partial charge in [0.25, 0.3) is 0 Å². The van der Waals surface area contributed by atoms with Gasteiger partial charge in [0.2, 0.25) is 0 Å². The Hall–Kier alpha value is -1.11. The molecule has 1 aliphatic rings. The molecule has 0 radical (unpaired) electrons. The molecule has 1 saturated heterocycles. The van der Waals surface area contributed by atoms with Crippen LogP contribution in [0.25, 0.3) is 0 Å². The van der Waals surface area contributed by atoms with Gasteiger partial charge in [0.1, 0.15) is 0 Å². The van der Waals surface area contributed by atoms with Crippen LogP contribution in [0.5, 0.6) is 0 Å². The Morgan fingerprint density at radius 2 is 2.18 bits per heavy atom. The molecule has 0 aliphatic carbocycles. The van der Waals surface area contributed by atoms with E-state index in [0.29, 0.717) is 12.3 Å². The van der Waals surface area contributed by atoms with Crippen molar-refractivity contribution in [2.75, 3.05) is 13.1 Å². The lowest BCUT2D eigenvalue weighted by Gasteiger charge is -2.25. The largest absolute Gasteiger partial charge is 0.261 e. The molecule has 0 bridgehead atoms. The van der Waals surface area contributed by atoms with Crippen molar-refractivity contribution >= 4 is 0 Å². The summed E-state index contributed by atoms with van der Waals surface area (Å²) >= 11 is 0. The lowest BCUT2D eigenvalue weighted by molar-refractivity contribution is 0.190. The van der Waals surface area contributed by atoms with E-state index in [1.807, 2.05) is 0 Å². The Morgan fingerprint density at radius 1 is 1.55 bits per heavy atom. The summed E-state index contributed by atoms with van der Waals surface area (Å²) in [6.45, 7) is 1.44. The zero-order valence-corrected chi connectivity index (χ0v) is 6.36. The van der Waals surface area contributed by atoms with E-state index in [1.54, 1.807) is 0 Å². The van der Waals surface area contributed by atoms with Crippen LogP contribution in [-0.4, -0.2) is 18.1 Å². The van der Waals surface area contributed by atoms with Gasteiger partial charge in [-0.1, -0.05) is 0 Å². The maximum absolute atomic E-state index is 10.0. The standard InChI is InChI=1S/C7H11N3O/c8-4-1-7-2-5-10(9-11)6-3-7/h7H,1-3,5-6H2. The second-order valence-electron chi connectivity index (χ2n) is 2.84. The second-order valence-corrected chi connectivity index (χ2v) is 2.84. The average molecular weight is 153 g/mol. The van der Waals surface area contributed by atoms with Crippen LogP contribution in [0.2, 0.25) is 0 Å².